The molecule has 0 saturated carbocycles. The summed E-state index contributed by atoms with van der Waals surface area (Å²) in [6.07, 6.45) is -3.93. The van der Waals surface area contributed by atoms with Crippen molar-refractivity contribution in [2.24, 2.45) is 0 Å². The summed E-state index contributed by atoms with van der Waals surface area (Å²) in [5.74, 6) is -0.245. The molecule has 0 unspecified atom stereocenters. The topological polar surface area (TPSA) is 69.0 Å². The van der Waals surface area contributed by atoms with Gasteiger partial charge in [0.2, 0.25) is 5.13 Å². The Morgan fingerprint density at radius 3 is 2.48 bits per heavy atom. The molecule has 0 aliphatic carbocycles. The third-order valence-electron chi connectivity index (χ3n) is 4.71. The van der Waals surface area contributed by atoms with Gasteiger partial charge in [-0.3, -0.25) is 4.79 Å². The van der Waals surface area contributed by atoms with Crippen LogP contribution < -0.4 is 10.1 Å². The molecule has 1 amide bonds. The summed E-state index contributed by atoms with van der Waals surface area (Å²) in [5.41, 5.74) is 0.108. The second-order valence-electron chi connectivity index (χ2n) is 6.87. The van der Waals surface area contributed by atoms with Gasteiger partial charge in [0.15, 0.2) is 5.69 Å². The summed E-state index contributed by atoms with van der Waals surface area (Å²) in [4.78, 5) is 16.9. The Balaban J connectivity index is 1.61. The van der Waals surface area contributed by atoms with E-state index in [1.54, 1.807) is 53.9 Å². The molecule has 11 heteroatoms. The third-order valence-corrected chi connectivity index (χ3v) is 5.78. The third kappa shape index (κ3) is 5.01. The van der Waals surface area contributed by atoms with Crippen LogP contribution in [0, 0.1) is 0 Å². The SMILES string of the molecule is COc1ccc(-c2csc(-n3ncc(C(=O)NCc4ccc(Cl)cc4)c3C(F)(F)F)n2)cc1. The Morgan fingerprint density at radius 1 is 1.15 bits per heavy atom. The van der Waals surface area contributed by atoms with Gasteiger partial charge in [0.25, 0.3) is 5.91 Å². The molecule has 2 aromatic heterocycles. The average molecular weight is 493 g/mol. The van der Waals surface area contributed by atoms with Gasteiger partial charge < -0.3 is 10.1 Å². The highest BCUT2D eigenvalue weighted by Crippen LogP contribution is 2.35. The van der Waals surface area contributed by atoms with Crippen molar-refractivity contribution >= 4 is 28.8 Å². The number of hydrogen-bond acceptors (Lipinski definition) is 5. The lowest BCUT2D eigenvalue weighted by Crippen LogP contribution is -2.26. The average Bonchev–Trinajstić information content (AvgIpc) is 3.46. The van der Waals surface area contributed by atoms with Crippen molar-refractivity contribution in [3.63, 3.8) is 0 Å². The second kappa shape index (κ2) is 9.24. The number of carbonyl (C=O) groups excluding carboxylic acids is 1. The Morgan fingerprint density at radius 2 is 1.85 bits per heavy atom. The number of rotatable bonds is 6. The van der Waals surface area contributed by atoms with Gasteiger partial charge in [0, 0.05) is 22.5 Å². The Bertz CT molecular complexity index is 1270. The van der Waals surface area contributed by atoms with Crippen molar-refractivity contribution in [3.05, 3.63) is 82.0 Å². The molecule has 4 aromatic rings. The van der Waals surface area contributed by atoms with Crippen LogP contribution in [0.15, 0.2) is 60.1 Å². The number of carbonyl (C=O) groups is 1. The van der Waals surface area contributed by atoms with E-state index in [0.717, 1.165) is 17.5 Å². The summed E-state index contributed by atoms with van der Waals surface area (Å²) in [6.45, 7) is 0.0390. The predicted molar refractivity (Wildman–Crippen MR) is 119 cm³/mol. The van der Waals surface area contributed by atoms with Crippen molar-refractivity contribution in [2.75, 3.05) is 7.11 Å². The highest BCUT2D eigenvalue weighted by atomic mass is 35.5. The van der Waals surface area contributed by atoms with Crippen molar-refractivity contribution in [1.82, 2.24) is 20.1 Å². The fourth-order valence-corrected chi connectivity index (χ4v) is 3.99. The molecule has 0 bridgehead atoms. The number of halogens is 4. The van der Waals surface area contributed by atoms with E-state index >= 15 is 0 Å². The number of ether oxygens (including phenoxy) is 1. The highest BCUT2D eigenvalue weighted by Gasteiger charge is 2.41. The van der Waals surface area contributed by atoms with E-state index < -0.39 is 23.3 Å². The number of hydrogen-bond donors (Lipinski definition) is 1. The van der Waals surface area contributed by atoms with Gasteiger partial charge in [-0.2, -0.15) is 18.3 Å². The minimum atomic E-state index is -4.82. The molecular weight excluding hydrogens is 477 g/mol. The van der Waals surface area contributed by atoms with Crippen LogP contribution in [0.5, 0.6) is 5.75 Å². The number of aromatic nitrogens is 3. The van der Waals surface area contributed by atoms with E-state index in [1.165, 1.54) is 7.11 Å². The van der Waals surface area contributed by atoms with Gasteiger partial charge >= 0.3 is 6.18 Å². The molecule has 1 N–H and O–H groups in total. The van der Waals surface area contributed by atoms with E-state index in [4.69, 9.17) is 16.3 Å². The maximum Gasteiger partial charge on any atom is 0.434 e. The van der Waals surface area contributed by atoms with Crippen LogP contribution in [0.3, 0.4) is 0 Å². The van der Waals surface area contributed by atoms with Gasteiger partial charge in [-0.15, -0.1) is 11.3 Å². The van der Waals surface area contributed by atoms with E-state index in [9.17, 15) is 18.0 Å². The first kappa shape index (κ1) is 22.8. The van der Waals surface area contributed by atoms with Gasteiger partial charge in [0.1, 0.15) is 5.75 Å². The largest absolute Gasteiger partial charge is 0.497 e. The van der Waals surface area contributed by atoms with Crippen LogP contribution in [-0.2, 0) is 12.7 Å². The maximum atomic E-state index is 13.9. The van der Waals surface area contributed by atoms with Crippen molar-refractivity contribution in [3.8, 4) is 22.1 Å². The molecule has 0 fully saturated rings. The van der Waals surface area contributed by atoms with Gasteiger partial charge in [-0.05, 0) is 42.0 Å². The van der Waals surface area contributed by atoms with Gasteiger partial charge in [-0.25, -0.2) is 9.67 Å². The first-order valence-corrected chi connectivity index (χ1v) is 10.8. The summed E-state index contributed by atoms with van der Waals surface area (Å²) in [5, 5.41) is 8.44. The van der Waals surface area contributed by atoms with Crippen LogP contribution >= 0.6 is 22.9 Å². The molecule has 2 heterocycles. The minimum absolute atomic E-state index is 0.00936. The van der Waals surface area contributed by atoms with Crippen molar-refractivity contribution in [2.45, 2.75) is 12.7 Å². The highest BCUT2D eigenvalue weighted by molar-refractivity contribution is 7.12. The molecule has 0 aliphatic rings. The fourth-order valence-electron chi connectivity index (χ4n) is 3.07. The van der Waals surface area contributed by atoms with Crippen molar-refractivity contribution < 1.29 is 22.7 Å². The van der Waals surface area contributed by atoms with Crippen LogP contribution in [0.25, 0.3) is 16.4 Å². The van der Waals surface area contributed by atoms with Crippen LogP contribution in [0.1, 0.15) is 21.6 Å². The lowest BCUT2D eigenvalue weighted by molar-refractivity contribution is -0.143. The van der Waals surface area contributed by atoms with Crippen molar-refractivity contribution in [1.29, 1.82) is 0 Å². The summed E-state index contributed by atoms with van der Waals surface area (Å²) in [7, 11) is 1.54. The fraction of sp³-hybridized carbons (Fsp3) is 0.136. The Kier molecular flexibility index (Phi) is 6.39. The first-order valence-electron chi connectivity index (χ1n) is 9.54. The van der Waals surface area contributed by atoms with Crippen LogP contribution in [-0.4, -0.2) is 27.8 Å². The predicted octanol–water partition coefficient (Wildman–Crippen LogP) is 5.61. The van der Waals surface area contributed by atoms with Crippen LogP contribution in [0.2, 0.25) is 5.02 Å². The zero-order chi connectivity index (χ0) is 23.6. The number of nitrogens with zero attached hydrogens (tertiary/aromatic N) is 3. The smallest absolute Gasteiger partial charge is 0.434 e. The molecule has 0 spiro atoms. The number of amides is 1. The number of nitrogens with one attached hydrogen (secondary N) is 1. The Hall–Kier alpha value is -3.37. The van der Waals surface area contributed by atoms with E-state index in [1.807, 2.05) is 0 Å². The summed E-state index contributed by atoms with van der Waals surface area (Å²) >= 11 is 6.81. The zero-order valence-corrected chi connectivity index (χ0v) is 18.6. The zero-order valence-electron chi connectivity index (χ0n) is 17.1. The second-order valence-corrected chi connectivity index (χ2v) is 8.14. The van der Waals surface area contributed by atoms with E-state index in [-0.39, 0.29) is 11.7 Å². The lowest BCUT2D eigenvalue weighted by Gasteiger charge is -2.11. The number of benzene rings is 2. The molecule has 0 atom stereocenters. The van der Waals surface area contributed by atoms with Gasteiger partial charge in [0.05, 0.1) is 24.6 Å². The molecule has 2 aromatic carbocycles. The first-order chi connectivity index (χ1) is 15.8. The van der Waals surface area contributed by atoms with Crippen LogP contribution in [0.4, 0.5) is 13.2 Å². The maximum absolute atomic E-state index is 13.9. The Labute approximate surface area is 195 Å². The summed E-state index contributed by atoms with van der Waals surface area (Å²) in [6, 6.07) is 13.6. The summed E-state index contributed by atoms with van der Waals surface area (Å²) < 4.78 is 47.5. The van der Waals surface area contributed by atoms with Gasteiger partial charge in [-0.1, -0.05) is 23.7 Å². The number of methoxy groups -OCH3 is 1. The number of alkyl halides is 3. The minimum Gasteiger partial charge on any atom is -0.497 e. The molecule has 0 radical (unpaired) electrons. The molecule has 33 heavy (non-hydrogen) atoms. The molecule has 4 rings (SSSR count). The van der Waals surface area contributed by atoms with E-state index in [0.29, 0.717) is 32.3 Å². The lowest BCUT2D eigenvalue weighted by atomic mass is 10.2. The molecule has 0 saturated heterocycles. The van der Waals surface area contributed by atoms with E-state index in [2.05, 4.69) is 15.4 Å². The molecule has 0 aliphatic heterocycles. The quantitative estimate of drug-likeness (QED) is 0.380. The molecular formula is C22H16ClF3N4O2S. The molecule has 6 nitrogen and oxygen atoms in total. The number of thiazole rings is 1. The normalized spacial score (nSPS) is 11.4. The standard InChI is InChI=1S/C22H16ClF3N4O2S/c1-32-16-8-4-14(5-9-16)18-12-33-21(29-18)30-19(22(24,25)26)17(11-28-30)20(31)27-10-13-2-6-15(23)7-3-13/h2-9,11-12H,10H2,1H3,(H,27,31). The molecule has 170 valence electrons. The monoisotopic (exact) mass is 492 g/mol.